The van der Waals surface area contributed by atoms with Gasteiger partial charge in [-0.25, -0.2) is 12.7 Å². The minimum absolute atomic E-state index is 0.170. The first-order valence-electron chi connectivity index (χ1n) is 10.2. The van der Waals surface area contributed by atoms with Gasteiger partial charge in [-0.05, 0) is 30.6 Å². The molecule has 0 spiro atoms. The number of sulfonamides is 1. The van der Waals surface area contributed by atoms with Gasteiger partial charge in [-0.3, -0.25) is 9.69 Å². The second kappa shape index (κ2) is 8.45. The fourth-order valence-electron chi connectivity index (χ4n) is 4.35. The highest BCUT2D eigenvalue weighted by Gasteiger charge is 2.30. The van der Waals surface area contributed by atoms with Crippen LogP contribution in [0.2, 0.25) is 0 Å². The van der Waals surface area contributed by atoms with Crippen molar-refractivity contribution in [1.82, 2.24) is 9.21 Å². The first kappa shape index (κ1) is 20.4. The van der Waals surface area contributed by atoms with Crippen LogP contribution in [0.15, 0.2) is 45.8 Å². The van der Waals surface area contributed by atoms with Crippen molar-refractivity contribution >= 4 is 10.0 Å². The lowest BCUT2D eigenvalue weighted by Gasteiger charge is -2.29. The zero-order valence-corrected chi connectivity index (χ0v) is 17.5. The maximum Gasteiger partial charge on any atom is 0.227 e. The van der Waals surface area contributed by atoms with Gasteiger partial charge in [-0.1, -0.05) is 24.3 Å². The molecule has 0 radical (unpaired) electrons. The monoisotopic (exact) mass is 420 g/mol. The zero-order chi connectivity index (χ0) is 20.4. The van der Waals surface area contributed by atoms with Crippen LogP contribution in [0, 0.1) is 17.8 Å². The number of piperidine rings is 1. The largest absolute Gasteiger partial charge is 0.486 e. The molecule has 1 aromatic rings. The summed E-state index contributed by atoms with van der Waals surface area (Å²) in [4.78, 5) is 14.7. The molecule has 3 aliphatic rings. The van der Waals surface area contributed by atoms with Crippen molar-refractivity contribution in [3.8, 4) is 5.75 Å². The van der Waals surface area contributed by atoms with E-state index in [9.17, 15) is 13.2 Å². The van der Waals surface area contributed by atoms with Crippen LogP contribution in [-0.4, -0.2) is 56.7 Å². The van der Waals surface area contributed by atoms with Gasteiger partial charge >= 0.3 is 0 Å². The summed E-state index contributed by atoms with van der Waals surface area (Å²) in [6, 6.07) is 1.52. The van der Waals surface area contributed by atoms with Gasteiger partial charge in [-0.15, -0.1) is 0 Å². The first-order chi connectivity index (χ1) is 13.9. The lowest BCUT2D eigenvalue weighted by Crippen LogP contribution is -2.39. The number of rotatable bonds is 6. The minimum atomic E-state index is -3.13. The van der Waals surface area contributed by atoms with E-state index >= 15 is 0 Å². The van der Waals surface area contributed by atoms with Gasteiger partial charge in [0.1, 0.15) is 12.0 Å². The van der Waals surface area contributed by atoms with Crippen molar-refractivity contribution < 1.29 is 17.6 Å². The van der Waals surface area contributed by atoms with Crippen molar-refractivity contribution in [1.29, 1.82) is 0 Å². The Hall–Kier alpha value is -1.90. The molecule has 2 aliphatic heterocycles. The Bertz CT molecular complexity index is 924. The van der Waals surface area contributed by atoms with Crippen molar-refractivity contribution in [3.05, 3.63) is 52.6 Å². The third-order valence-corrected chi connectivity index (χ3v) is 7.37. The Morgan fingerprint density at radius 3 is 2.38 bits per heavy atom. The Morgan fingerprint density at radius 1 is 1.14 bits per heavy atom. The van der Waals surface area contributed by atoms with E-state index in [1.807, 2.05) is 0 Å². The summed E-state index contributed by atoms with van der Waals surface area (Å²) < 4.78 is 36.0. The summed E-state index contributed by atoms with van der Waals surface area (Å²) in [6.07, 6.45) is 12.8. The Balaban J connectivity index is 1.28. The van der Waals surface area contributed by atoms with Crippen LogP contribution in [0.3, 0.4) is 0 Å². The second-order valence-electron chi connectivity index (χ2n) is 8.28. The fraction of sp³-hybridized carbons (Fsp3) is 0.571. The lowest BCUT2D eigenvalue weighted by atomic mass is 9.92. The van der Waals surface area contributed by atoms with E-state index in [0.717, 1.165) is 25.9 Å². The highest BCUT2D eigenvalue weighted by Crippen LogP contribution is 2.29. The van der Waals surface area contributed by atoms with Gasteiger partial charge in [0, 0.05) is 32.2 Å². The zero-order valence-electron chi connectivity index (χ0n) is 16.7. The van der Waals surface area contributed by atoms with Crippen molar-refractivity contribution in [3.63, 3.8) is 0 Å². The number of hydrogen-bond acceptors (Lipinski definition) is 6. The van der Waals surface area contributed by atoms with E-state index in [2.05, 4.69) is 29.2 Å². The molecule has 29 heavy (non-hydrogen) atoms. The maximum absolute atomic E-state index is 12.4. The van der Waals surface area contributed by atoms with E-state index < -0.39 is 10.0 Å². The molecule has 1 aromatic heterocycles. The molecule has 0 amide bonds. The lowest BCUT2D eigenvalue weighted by molar-refractivity contribution is 0.181. The summed E-state index contributed by atoms with van der Waals surface area (Å²) in [7, 11) is -3.13. The van der Waals surface area contributed by atoms with Gasteiger partial charge in [0.15, 0.2) is 0 Å². The van der Waals surface area contributed by atoms with E-state index in [-0.39, 0.29) is 17.1 Å². The number of likely N-dealkylation sites (tertiary alicyclic amines) is 1. The number of hydrogen-bond donors (Lipinski definition) is 0. The Morgan fingerprint density at radius 2 is 1.79 bits per heavy atom. The summed E-state index contributed by atoms with van der Waals surface area (Å²) >= 11 is 0. The molecule has 0 N–H and O–H groups in total. The predicted molar refractivity (Wildman–Crippen MR) is 110 cm³/mol. The van der Waals surface area contributed by atoms with E-state index in [0.29, 0.717) is 43.8 Å². The third-order valence-electron chi connectivity index (χ3n) is 6.06. The standard InChI is InChI=1S/C21H28N2O5S/c1-29(25,26)23-8-6-16(7-9-23)14-28-21-15-27-19(10-20(21)24)13-22-11-17-4-2-3-5-18(17)12-22/h2-5,10,15-18H,6-9,11-14H2,1H3. The number of ether oxygens (including phenoxy) is 1. The quantitative estimate of drug-likeness (QED) is 0.699. The van der Waals surface area contributed by atoms with Crippen LogP contribution < -0.4 is 10.2 Å². The normalized spacial score (nSPS) is 26.0. The average molecular weight is 421 g/mol. The van der Waals surface area contributed by atoms with Crippen LogP contribution >= 0.6 is 0 Å². The molecule has 7 nitrogen and oxygen atoms in total. The van der Waals surface area contributed by atoms with E-state index in [4.69, 9.17) is 9.15 Å². The number of fused-ring (bicyclic) bond motifs is 1. The molecule has 4 rings (SSSR count). The van der Waals surface area contributed by atoms with Gasteiger partial charge < -0.3 is 9.15 Å². The molecule has 2 unspecified atom stereocenters. The molecule has 158 valence electrons. The highest BCUT2D eigenvalue weighted by atomic mass is 32.2. The first-order valence-corrected chi connectivity index (χ1v) is 12.0. The van der Waals surface area contributed by atoms with Crippen molar-refractivity contribution in [2.24, 2.45) is 17.8 Å². The Labute approximate surface area is 171 Å². The summed E-state index contributed by atoms with van der Waals surface area (Å²) in [6.45, 7) is 3.97. The van der Waals surface area contributed by atoms with Crippen LogP contribution in [0.4, 0.5) is 0 Å². The topological polar surface area (TPSA) is 80.1 Å². The van der Waals surface area contributed by atoms with E-state index in [1.165, 1.54) is 22.9 Å². The number of allylic oxidation sites excluding steroid dienone is 2. The molecule has 8 heteroatoms. The van der Waals surface area contributed by atoms with Crippen molar-refractivity contribution in [2.45, 2.75) is 19.4 Å². The van der Waals surface area contributed by atoms with Crippen LogP contribution in [0.5, 0.6) is 5.75 Å². The van der Waals surface area contributed by atoms with Gasteiger partial charge in [0.2, 0.25) is 21.2 Å². The smallest absolute Gasteiger partial charge is 0.227 e. The van der Waals surface area contributed by atoms with Gasteiger partial charge in [0.25, 0.3) is 0 Å². The van der Waals surface area contributed by atoms with Crippen molar-refractivity contribution in [2.75, 3.05) is 39.0 Å². The molecule has 0 saturated carbocycles. The fourth-order valence-corrected chi connectivity index (χ4v) is 5.23. The predicted octanol–water partition coefficient (Wildman–Crippen LogP) is 1.86. The molecular formula is C21H28N2O5S. The van der Waals surface area contributed by atoms with Crippen LogP contribution in [-0.2, 0) is 16.6 Å². The minimum Gasteiger partial charge on any atom is -0.486 e. The molecule has 2 atom stereocenters. The third kappa shape index (κ3) is 4.99. The van der Waals surface area contributed by atoms with Crippen LogP contribution in [0.1, 0.15) is 18.6 Å². The molecule has 0 bridgehead atoms. The average Bonchev–Trinajstić information content (AvgIpc) is 3.09. The number of nitrogens with zero attached hydrogens (tertiary/aromatic N) is 2. The maximum atomic E-state index is 12.4. The Kier molecular flexibility index (Phi) is 5.94. The molecular weight excluding hydrogens is 392 g/mol. The highest BCUT2D eigenvalue weighted by molar-refractivity contribution is 7.88. The summed E-state index contributed by atoms with van der Waals surface area (Å²) in [5, 5.41) is 0. The molecule has 2 saturated heterocycles. The summed E-state index contributed by atoms with van der Waals surface area (Å²) in [5.74, 6) is 2.20. The second-order valence-corrected chi connectivity index (χ2v) is 10.3. The molecule has 2 fully saturated rings. The summed E-state index contributed by atoms with van der Waals surface area (Å²) in [5.41, 5.74) is -0.170. The van der Waals surface area contributed by atoms with Gasteiger partial charge in [-0.2, -0.15) is 0 Å². The molecule has 0 aromatic carbocycles. The van der Waals surface area contributed by atoms with Crippen LogP contribution in [0.25, 0.3) is 0 Å². The molecule has 3 heterocycles. The SMILES string of the molecule is CS(=O)(=O)N1CCC(COc2coc(CN3CC4C=CC=CC4C3)cc2=O)CC1. The van der Waals surface area contributed by atoms with E-state index in [1.54, 1.807) is 0 Å². The van der Waals surface area contributed by atoms with Gasteiger partial charge in [0.05, 0.1) is 19.4 Å². The molecule has 1 aliphatic carbocycles.